The first-order chi connectivity index (χ1) is 9.24. The minimum absolute atomic E-state index is 0.0993. The van der Waals surface area contributed by atoms with Crippen LogP contribution in [0.25, 0.3) is 0 Å². The van der Waals surface area contributed by atoms with Crippen LogP contribution in [0.15, 0.2) is 29.1 Å². The number of halogens is 4. The molecule has 9 heteroatoms. The van der Waals surface area contributed by atoms with E-state index in [2.05, 4.69) is 9.84 Å². The summed E-state index contributed by atoms with van der Waals surface area (Å²) in [6.45, 7) is 0.0993. The van der Waals surface area contributed by atoms with Gasteiger partial charge >= 0.3 is 6.36 Å². The van der Waals surface area contributed by atoms with Crippen LogP contribution in [0.2, 0.25) is 5.02 Å². The van der Waals surface area contributed by atoms with E-state index in [0.717, 1.165) is 6.07 Å². The lowest BCUT2D eigenvalue weighted by molar-refractivity contribution is -0.274. The smallest absolute Gasteiger partial charge is 0.404 e. The average molecular weight is 308 g/mol. The topological polar surface area (TPSA) is 73.0 Å². The summed E-state index contributed by atoms with van der Waals surface area (Å²) in [5.41, 5.74) is 5.58. The molecule has 1 aromatic carbocycles. The van der Waals surface area contributed by atoms with Gasteiger partial charge in [-0.2, -0.15) is 0 Å². The zero-order valence-corrected chi connectivity index (χ0v) is 10.6. The lowest BCUT2D eigenvalue weighted by Crippen LogP contribution is -2.18. The molecule has 5 nitrogen and oxygen atoms in total. The molecule has 0 aliphatic carbocycles. The van der Waals surface area contributed by atoms with Gasteiger partial charge in [0.25, 0.3) is 5.56 Å². The number of alkyl halides is 3. The van der Waals surface area contributed by atoms with Crippen LogP contribution in [-0.4, -0.2) is 16.1 Å². The summed E-state index contributed by atoms with van der Waals surface area (Å²) < 4.78 is 41.2. The molecule has 2 aromatic rings. The van der Waals surface area contributed by atoms with Crippen molar-refractivity contribution >= 4 is 17.4 Å². The minimum Gasteiger partial charge on any atom is -0.404 e. The number of hydrogen-bond donors (Lipinski definition) is 2. The molecule has 1 heterocycles. The maximum absolute atomic E-state index is 12.1. The highest BCUT2D eigenvalue weighted by Gasteiger charge is 2.32. The Balaban J connectivity index is 2.21. The van der Waals surface area contributed by atoms with Crippen molar-refractivity contribution in [2.45, 2.75) is 12.9 Å². The van der Waals surface area contributed by atoms with E-state index in [9.17, 15) is 18.0 Å². The molecule has 0 fully saturated rings. The minimum atomic E-state index is -4.81. The van der Waals surface area contributed by atoms with E-state index < -0.39 is 12.1 Å². The Labute approximate surface area is 115 Å². The van der Waals surface area contributed by atoms with Crippen LogP contribution in [0.4, 0.5) is 19.0 Å². The fraction of sp³-hybridized carbons (Fsp3) is 0.182. The lowest BCUT2D eigenvalue weighted by Gasteiger charge is -2.11. The molecule has 0 amide bonds. The van der Waals surface area contributed by atoms with Crippen molar-refractivity contribution in [1.29, 1.82) is 0 Å². The summed E-state index contributed by atoms with van der Waals surface area (Å²) in [5.74, 6) is -0.306. The van der Waals surface area contributed by atoms with Crippen molar-refractivity contribution in [3.63, 3.8) is 0 Å². The van der Waals surface area contributed by atoms with Gasteiger partial charge in [0.15, 0.2) is 0 Å². The number of nitrogens with one attached hydrogen (secondary N) is 1. The third-order valence-corrected chi connectivity index (χ3v) is 2.67. The summed E-state index contributed by atoms with van der Waals surface area (Å²) in [7, 11) is 0. The zero-order valence-electron chi connectivity index (χ0n) is 9.87. The molecule has 0 aliphatic rings. The molecule has 2 rings (SSSR count). The van der Waals surface area contributed by atoms with Crippen LogP contribution < -0.4 is 16.0 Å². The molecule has 0 spiro atoms. The van der Waals surface area contributed by atoms with Gasteiger partial charge in [0.2, 0.25) is 0 Å². The van der Waals surface area contributed by atoms with Crippen molar-refractivity contribution < 1.29 is 17.9 Å². The summed E-state index contributed by atoms with van der Waals surface area (Å²) in [6, 6.07) is 4.94. The van der Waals surface area contributed by atoms with Gasteiger partial charge in [-0.1, -0.05) is 17.7 Å². The van der Waals surface area contributed by atoms with E-state index in [1.165, 1.54) is 22.9 Å². The number of ether oxygens (including phenoxy) is 1. The predicted octanol–water partition coefficient (Wildman–Crippen LogP) is 2.36. The summed E-state index contributed by atoms with van der Waals surface area (Å²) in [6.07, 6.45) is -4.81. The van der Waals surface area contributed by atoms with E-state index in [0.29, 0.717) is 5.56 Å². The Morgan fingerprint density at radius 2 is 2.05 bits per heavy atom. The number of nitrogens with two attached hydrogens (primary N) is 1. The first-order valence-electron chi connectivity index (χ1n) is 5.34. The Morgan fingerprint density at radius 1 is 1.35 bits per heavy atom. The number of aromatic nitrogens is 2. The SMILES string of the molecule is Nc1cc(=O)n(Cc2ccc(OC(F)(F)F)c(Cl)c2)[nH]1. The van der Waals surface area contributed by atoms with Crippen LogP contribution in [0.1, 0.15) is 5.56 Å². The van der Waals surface area contributed by atoms with Gasteiger partial charge in [-0.25, -0.2) is 4.68 Å². The first-order valence-corrected chi connectivity index (χ1v) is 5.72. The number of hydrogen-bond acceptors (Lipinski definition) is 3. The maximum atomic E-state index is 12.1. The highest BCUT2D eigenvalue weighted by atomic mass is 35.5. The zero-order chi connectivity index (χ0) is 14.9. The van der Waals surface area contributed by atoms with Crippen molar-refractivity contribution in [3.05, 3.63) is 45.2 Å². The van der Waals surface area contributed by atoms with Crippen LogP contribution in [-0.2, 0) is 6.54 Å². The molecule has 3 N–H and O–H groups in total. The Morgan fingerprint density at radius 3 is 2.55 bits per heavy atom. The Hall–Kier alpha value is -2.09. The van der Waals surface area contributed by atoms with Gasteiger partial charge < -0.3 is 10.5 Å². The number of rotatable bonds is 3. The monoisotopic (exact) mass is 307 g/mol. The molecular weight excluding hydrogens is 299 g/mol. The fourth-order valence-electron chi connectivity index (χ4n) is 1.60. The first kappa shape index (κ1) is 14.3. The number of benzene rings is 1. The molecule has 0 saturated carbocycles. The van der Waals surface area contributed by atoms with Gasteiger partial charge in [-0.15, -0.1) is 13.2 Å². The summed E-state index contributed by atoms with van der Waals surface area (Å²) in [5, 5.41) is 2.39. The quantitative estimate of drug-likeness (QED) is 0.914. The Kier molecular flexibility index (Phi) is 3.67. The van der Waals surface area contributed by atoms with Gasteiger partial charge in [-0.05, 0) is 17.7 Å². The number of nitrogen functional groups attached to an aromatic ring is 1. The largest absolute Gasteiger partial charge is 0.573 e. The predicted molar refractivity (Wildman–Crippen MR) is 66.7 cm³/mol. The van der Waals surface area contributed by atoms with Crippen molar-refractivity contribution in [1.82, 2.24) is 9.78 Å². The second-order valence-electron chi connectivity index (χ2n) is 3.95. The summed E-state index contributed by atoms with van der Waals surface area (Å²) in [4.78, 5) is 11.4. The fourth-order valence-corrected chi connectivity index (χ4v) is 1.85. The highest BCUT2D eigenvalue weighted by molar-refractivity contribution is 6.32. The van der Waals surface area contributed by atoms with E-state index >= 15 is 0 Å². The molecule has 0 aliphatic heterocycles. The van der Waals surface area contributed by atoms with E-state index in [1.807, 2.05) is 0 Å². The number of aromatic amines is 1. The normalized spacial score (nSPS) is 11.6. The van der Waals surface area contributed by atoms with Crippen molar-refractivity contribution in [2.75, 3.05) is 5.73 Å². The van der Waals surface area contributed by atoms with Crippen LogP contribution in [0, 0.1) is 0 Å². The van der Waals surface area contributed by atoms with Crippen LogP contribution in [0.3, 0.4) is 0 Å². The molecule has 20 heavy (non-hydrogen) atoms. The van der Waals surface area contributed by atoms with Crippen LogP contribution in [0.5, 0.6) is 5.75 Å². The standard InChI is InChI=1S/C11H9ClF3N3O2/c12-7-3-6(1-2-8(7)20-11(13,14)15)5-18-10(19)4-9(16)17-18/h1-4,17H,5,16H2. The van der Waals surface area contributed by atoms with E-state index in [-0.39, 0.29) is 22.9 Å². The molecular formula is C11H9ClF3N3O2. The second-order valence-corrected chi connectivity index (χ2v) is 4.36. The van der Waals surface area contributed by atoms with Gasteiger partial charge in [0.05, 0.1) is 11.6 Å². The van der Waals surface area contributed by atoms with E-state index in [1.54, 1.807) is 0 Å². The Bertz CT molecular complexity index is 678. The number of nitrogens with zero attached hydrogens (tertiary/aromatic N) is 1. The molecule has 0 atom stereocenters. The molecule has 0 saturated heterocycles. The van der Waals surface area contributed by atoms with E-state index in [4.69, 9.17) is 17.3 Å². The molecule has 0 unspecified atom stereocenters. The van der Waals surface area contributed by atoms with Gasteiger partial charge in [0.1, 0.15) is 11.6 Å². The number of anilines is 1. The third kappa shape index (κ3) is 3.47. The molecule has 108 valence electrons. The van der Waals surface area contributed by atoms with Crippen molar-refractivity contribution in [3.8, 4) is 5.75 Å². The van der Waals surface area contributed by atoms with Gasteiger partial charge in [0, 0.05) is 6.07 Å². The third-order valence-electron chi connectivity index (χ3n) is 2.37. The highest BCUT2D eigenvalue weighted by Crippen LogP contribution is 2.30. The second kappa shape index (κ2) is 5.12. The number of H-pyrrole nitrogens is 1. The van der Waals surface area contributed by atoms with Crippen molar-refractivity contribution in [2.24, 2.45) is 0 Å². The molecule has 0 radical (unpaired) electrons. The summed E-state index contributed by atoms with van der Waals surface area (Å²) >= 11 is 5.70. The maximum Gasteiger partial charge on any atom is 0.573 e. The molecule has 0 bridgehead atoms. The average Bonchev–Trinajstić information content (AvgIpc) is 2.60. The van der Waals surface area contributed by atoms with Crippen LogP contribution >= 0.6 is 11.6 Å². The van der Waals surface area contributed by atoms with Gasteiger partial charge in [-0.3, -0.25) is 9.89 Å². The molecule has 1 aromatic heterocycles. The lowest BCUT2D eigenvalue weighted by atomic mass is 10.2.